The van der Waals surface area contributed by atoms with Gasteiger partial charge in [-0.05, 0) is 30.7 Å². The number of amides is 1. The number of esters is 1. The Morgan fingerprint density at radius 3 is 2.65 bits per heavy atom. The molecule has 178 valence electrons. The SMILES string of the molecule is COC(=O)CC[C@H](NC(=O)c1ccc(NC[C@H]2CNc3nc(N)[nH]c(=O)c3N2)cc1)C(=O)O.[Ca]. The van der Waals surface area contributed by atoms with Gasteiger partial charge in [-0.3, -0.25) is 19.4 Å². The average Bonchev–Trinajstić information content (AvgIpc) is 2.80. The maximum Gasteiger partial charge on any atom is 0.326 e. The number of ether oxygens (including phenoxy) is 1. The molecule has 2 radical (unpaired) electrons. The van der Waals surface area contributed by atoms with Crippen LogP contribution in [-0.2, 0) is 14.3 Å². The minimum atomic E-state index is -1.24. The third-order valence-corrected chi connectivity index (χ3v) is 4.97. The number of nitrogens with zero attached hydrogens (tertiary/aromatic N) is 1. The van der Waals surface area contributed by atoms with Crippen molar-refractivity contribution in [2.45, 2.75) is 24.9 Å². The predicted octanol–water partition coefficient (Wildman–Crippen LogP) is -0.574. The number of aromatic nitrogens is 2. The summed E-state index contributed by atoms with van der Waals surface area (Å²) < 4.78 is 4.49. The number of rotatable bonds is 9. The fourth-order valence-corrected chi connectivity index (χ4v) is 3.19. The van der Waals surface area contributed by atoms with Crippen molar-refractivity contribution in [1.29, 1.82) is 0 Å². The third kappa shape index (κ3) is 7.23. The number of carbonyl (C=O) groups excluding carboxylic acids is 2. The molecular formula is C20H25CaN7O6. The van der Waals surface area contributed by atoms with Crippen molar-refractivity contribution in [3.8, 4) is 0 Å². The van der Waals surface area contributed by atoms with Crippen molar-refractivity contribution >= 4 is 78.7 Å². The number of nitrogen functional groups attached to an aromatic ring is 1. The molecule has 0 aliphatic carbocycles. The zero-order valence-electron chi connectivity index (χ0n) is 18.5. The Morgan fingerprint density at radius 1 is 1.29 bits per heavy atom. The van der Waals surface area contributed by atoms with Gasteiger partial charge in [0.2, 0.25) is 5.95 Å². The molecule has 1 aromatic carbocycles. The summed E-state index contributed by atoms with van der Waals surface area (Å²) in [4.78, 5) is 53.5. The number of fused-ring (bicyclic) bond motifs is 1. The second-order valence-corrected chi connectivity index (χ2v) is 7.33. The predicted molar refractivity (Wildman–Crippen MR) is 126 cm³/mol. The van der Waals surface area contributed by atoms with Crippen LogP contribution in [0.15, 0.2) is 29.1 Å². The normalized spacial score (nSPS) is 14.8. The van der Waals surface area contributed by atoms with E-state index in [1.54, 1.807) is 24.3 Å². The van der Waals surface area contributed by atoms with Gasteiger partial charge in [0.1, 0.15) is 11.7 Å². The van der Waals surface area contributed by atoms with E-state index in [9.17, 15) is 24.3 Å². The van der Waals surface area contributed by atoms with E-state index >= 15 is 0 Å². The van der Waals surface area contributed by atoms with Crippen LogP contribution in [0.3, 0.4) is 0 Å². The molecule has 0 spiro atoms. The summed E-state index contributed by atoms with van der Waals surface area (Å²) in [5.41, 5.74) is 6.48. The minimum Gasteiger partial charge on any atom is -0.480 e. The maximum atomic E-state index is 12.4. The first kappa shape index (κ1) is 27.2. The molecule has 0 saturated heterocycles. The molecule has 0 saturated carbocycles. The summed E-state index contributed by atoms with van der Waals surface area (Å²) in [5, 5.41) is 21.0. The first-order valence-corrected chi connectivity index (χ1v) is 10.1. The molecule has 1 aliphatic heterocycles. The number of benzene rings is 1. The summed E-state index contributed by atoms with van der Waals surface area (Å²) in [6, 6.07) is 5.14. The molecule has 2 heterocycles. The molecular weight excluding hydrogens is 474 g/mol. The molecule has 1 aliphatic rings. The molecule has 2 atom stereocenters. The molecule has 34 heavy (non-hydrogen) atoms. The monoisotopic (exact) mass is 499 g/mol. The van der Waals surface area contributed by atoms with E-state index in [1.165, 1.54) is 7.11 Å². The first-order valence-electron chi connectivity index (χ1n) is 10.1. The van der Waals surface area contributed by atoms with Crippen LogP contribution in [0.25, 0.3) is 0 Å². The number of nitrogens with two attached hydrogens (primary N) is 1. The number of aromatic amines is 1. The van der Waals surface area contributed by atoms with E-state index in [2.05, 4.69) is 36.0 Å². The number of carbonyl (C=O) groups is 3. The Kier molecular flexibility index (Phi) is 9.96. The van der Waals surface area contributed by atoms with Crippen LogP contribution in [-0.4, -0.2) is 103 Å². The Morgan fingerprint density at radius 2 is 2.00 bits per heavy atom. The number of aliphatic carboxylic acids is 1. The van der Waals surface area contributed by atoms with Gasteiger partial charge < -0.3 is 36.8 Å². The summed E-state index contributed by atoms with van der Waals surface area (Å²) in [7, 11) is 1.21. The van der Waals surface area contributed by atoms with Crippen LogP contribution < -0.4 is 32.6 Å². The smallest absolute Gasteiger partial charge is 0.326 e. The molecule has 13 nitrogen and oxygen atoms in total. The largest absolute Gasteiger partial charge is 0.480 e. The van der Waals surface area contributed by atoms with Crippen LogP contribution in [0.1, 0.15) is 23.2 Å². The molecule has 2 aromatic rings. The van der Waals surface area contributed by atoms with Gasteiger partial charge in [0.25, 0.3) is 11.5 Å². The molecule has 0 fully saturated rings. The molecule has 0 unspecified atom stereocenters. The number of methoxy groups -OCH3 is 1. The van der Waals surface area contributed by atoms with Crippen molar-refractivity contribution in [3.63, 3.8) is 0 Å². The van der Waals surface area contributed by atoms with Gasteiger partial charge >= 0.3 is 11.9 Å². The van der Waals surface area contributed by atoms with Crippen molar-refractivity contribution in [2.24, 2.45) is 0 Å². The molecule has 1 aromatic heterocycles. The van der Waals surface area contributed by atoms with Crippen LogP contribution in [0.4, 0.5) is 23.1 Å². The van der Waals surface area contributed by atoms with E-state index in [0.717, 1.165) is 5.69 Å². The number of hydrogen-bond donors (Lipinski definition) is 7. The Balaban J connectivity index is 0.00000408. The molecule has 0 bridgehead atoms. The molecule has 8 N–H and O–H groups in total. The Bertz CT molecular complexity index is 1090. The fourth-order valence-electron chi connectivity index (χ4n) is 3.19. The van der Waals surface area contributed by atoms with Gasteiger partial charge in [-0.2, -0.15) is 4.98 Å². The van der Waals surface area contributed by atoms with E-state index in [0.29, 0.717) is 24.6 Å². The molecule has 3 rings (SSSR count). The maximum absolute atomic E-state index is 12.4. The van der Waals surface area contributed by atoms with Crippen molar-refractivity contribution in [3.05, 3.63) is 40.2 Å². The van der Waals surface area contributed by atoms with Gasteiger partial charge in [-0.15, -0.1) is 0 Å². The minimum absolute atomic E-state index is 0. The summed E-state index contributed by atoms with van der Waals surface area (Å²) >= 11 is 0. The summed E-state index contributed by atoms with van der Waals surface area (Å²) in [6.45, 7) is 0.981. The standard InChI is InChI=1S/C20H25N7O6.Ca/c1-33-14(28)7-6-13(19(31)32)25-17(29)10-2-4-11(5-3-10)22-8-12-9-23-16-15(24-12)18(30)27-20(21)26-16;/h2-5,12-13,22,24H,6-9H2,1H3,(H,25,29)(H,31,32)(H4,21,23,26,27,30);/t12-,13-;/m0./s1. The van der Waals surface area contributed by atoms with Gasteiger partial charge in [0.15, 0.2) is 5.82 Å². The molecule has 14 heteroatoms. The number of carboxylic acids is 1. The summed E-state index contributed by atoms with van der Waals surface area (Å²) in [5.74, 6) is -1.93. The van der Waals surface area contributed by atoms with Crippen LogP contribution in [0.5, 0.6) is 0 Å². The van der Waals surface area contributed by atoms with Crippen molar-refractivity contribution in [2.75, 3.05) is 41.9 Å². The van der Waals surface area contributed by atoms with Crippen LogP contribution in [0, 0.1) is 0 Å². The number of nitrogens with one attached hydrogen (secondary N) is 5. The van der Waals surface area contributed by atoms with Gasteiger partial charge in [-0.1, -0.05) is 0 Å². The zero-order valence-corrected chi connectivity index (χ0v) is 20.7. The Hall–Kier alpha value is -3.03. The second kappa shape index (κ2) is 12.4. The van der Waals surface area contributed by atoms with Crippen LogP contribution in [0.2, 0.25) is 0 Å². The van der Waals surface area contributed by atoms with E-state index in [-0.39, 0.29) is 73.7 Å². The third-order valence-electron chi connectivity index (χ3n) is 4.97. The second-order valence-electron chi connectivity index (χ2n) is 7.33. The van der Waals surface area contributed by atoms with Gasteiger partial charge in [-0.25, -0.2) is 4.79 Å². The van der Waals surface area contributed by atoms with Crippen molar-refractivity contribution in [1.82, 2.24) is 15.3 Å². The van der Waals surface area contributed by atoms with E-state index < -0.39 is 23.9 Å². The fraction of sp³-hybridized carbons (Fsp3) is 0.350. The average molecular weight is 500 g/mol. The quantitative estimate of drug-likeness (QED) is 0.172. The number of hydrogen-bond acceptors (Lipinski definition) is 10. The summed E-state index contributed by atoms with van der Waals surface area (Å²) in [6.07, 6.45) is -0.204. The van der Waals surface area contributed by atoms with E-state index in [1.807, 2.05) is 0 Å². The number of carboxylic acid groups (broad SMARTS) is 1. The number of anilines is 4. The van der Waals surface area contributed by atoms with Crippen molar-refractivity contribution < 1.29 is 24.2 Å². The first-order chi connectivity index (χ1) is 15.8. The van der Waals surface area contributed by atoms with Gasteiger partial charge in [0.05, 0.1) is 13.2 Å². The van der Waals surface area contributed by atoms with E-state index in [4.69, 9.17) is 5.73 Å². The number of H-pyrrole nitrogens is 1. The van der Waals surface area contributed by atoms with Gasteiger partial charge in [0, 0.05) is 68.5 Å². The Labute approximate surface area is 224 Å². The zero-order chi connectivity index (χ0) is 24.0. The van der Waals surface area contributed by atoms with Crippen LogP contribution >= 0.6 is 0 Å². The topological polar surface area (TPSA) is 201 Å². The molecule has 1 amide bonds.